The molecular weight excluding hydrogens is 264 g/mol. The van der Waals surface area contributed by atoms with E-state index < -0.39 is 10.0 Å². The Labute approximate surface area is 114 Å². The molecule has 0 spiro atoms. The van der Waals surface area contributed by atoms with Gasteiger partial charge in [0.05, 0.1) is 11.5 Å². The van der Waals surface area contributed by atoms with Crippen LogP contribution in [-0.4, -0.2) is 39.5 Å². The van der Waals surface area contributed by atoms with Gasteiger partial charge in [-0.3, -0.25) is 0 Å². The van der Waals surface area contributed by atoms with Crippen LogP contribution < -0.4 is 10.5 Å². The molecule has 0 aliphatic rings. The molecule has 0 atom stereocenters. The summed E-state index contributed by atoms with van der Waals surface area (Å²) in [5, 5.41) is 0. The fraction of sp³-hybridized carbons (Fsp3) is 0.385. The highest BCUT2D eigenvalue weighted by Crippen LogP contribution is 2.18. The van der Waals surface area contributed by atoms with E-state index in [1.165, 1.54) is 23.5 Å². The van der Waals surface area contributed by atoms with Crippen molar-refractivity contribution in [1.82, 2.24) is 4.31 Å². The summed E-state index contributed by atoms with van der Waals surface area (Å²) in [5.41, 5.74) is 5.36. The van der Waals surface area contributed by atoms with Crippen LogP contribution in [0.25, 0.3) is 0 Å². The molecular formula is C13H20N2O3S. The molecule has 19 heavy (non-hydrogen) atoms. The number of nitrogens with two attached hydrogens (primary N) is 1. The molecule has 0 bridgehead atoms. The zero-order chi connectivity index (χ0) is 14.3. The first-order chi connectivity index (χ1) is 9.02. The van der Waals surface area contributed by atoms with Crippen molar-refractivity contribution in [3.05, 3.63) is 36.9 Å². The van der Waals surface area contributed by atoms with Crippen LogP contribution in [0.4, 0.5) is 0 Å². The minimum absolute atomic E-state index is 0.239. The zero-order valence-electron chi connectivity index (χ0n) is 11.1. The molecule has 2 N–H and O–H groups in total. The number of sulfonamides is 1. The lowest BCUT2D eigenvalue weighted by Gasteiger charge is -2.15. The number of hydrogen-bond acceptors (Lipinski definition) is 4. The molecule has 0 aliphatic carbocycles. The Hall–Kier alpha value is -1.37. The lowest BCUT2D eigenvalue weighted by atomic mass is 10.3. The van der Waals surface area contributed by atoms with E-state index >= 15 is 0 Å². The number of nitrogens with zero attached hydrogens (tertiary/aromatic N) is 1. The molecule has 6 heteroatoms. The first-order valence-corrected chi connectivity index (χ1v) is 7.46. The molecule has 5 nitrogen and oxygen atoms in total. The van der Waals surface area contributed by atoms with E-state index in [-0.39, 0.29) is 11.4 Å². The van der Waals surface area contributed by atoms with Gasteiger partial charge >= 0.3 is 0 Å². The smallest absolute Gasteiger partial charge is 0.243 e. The quantitative estimate of drug-likeness (QED) is 0.575. The summed E-state index contributed by atoms with van der Waals surface area (Å²) >= 11 is 0. The van der Waals surface area contributed by atoms with Crippen LogP contribution in [-0.2, 0) is 10.0 Å². The van der Waals surface area contributed by atoms with E-state index in [2.05, 4.69) is 6.58 Å². The van der Waals surface area contributed by atoms with E-state index in [9.17, 15) is 8.42 Å². The normalized spacial score (nSPS) is 11.5. The van der Waals surface area contributed by atoms with Crippen molar-refractivity contribution in [1.29, 1.82) is 0 Å². The van der Waals surface area contributed by atoms with Crippen LogP contribution in [0.3, 0.4) is 0 Å². The van der Waals surface area contributed by atoms with Gasteiger partial charge in [0.15, 0.2) is 0 Å². The molecule has 0 heterocycles. The highest BCUT2D eigenvalue weighted by Gasteiger charge is 2.19. The largest absolute Gasteiger partial charge is 0.494 e. The molecule has 0 radical (unpaired) electrons. The van der Waals surface area contributed by atoms with Crippen LogP contribution in [0.15, 0.2) is 41.8 Å². The molecule has 1 aromatic rings. The predicted octanol–water partition coefficient (Wildman–Crippen LogP) is 1.22. The minimum Gasteiger partial charge on any atom is -0.494 e. The molecule has 0 fully saturated rings. The van der Waals surface area contributed by atoms with Crippen molar-refractivity contribution in [2.75, 3.05) is 26.7 Å². The van der Waals surface area contributed by atoms with Gasteiger partial charge in [-0.1, -0.05) is 6.08 Å². The Balaban J connectivity index is 2.77. The maximum absolute atomic E-state index is 12.1. The second kappa shape index (κ2) is 7.28. The zero-order valence-corrected chi connectivity index (χ0v) is 11.9. The van der Waals surface area contributed by atoms with Crippen LogP contribution >= 0.6 is 0 Å². The maximum atomic E-state index is 12.1. The molecule has 0 saturated carbocycles. The first kappa shape index (κ1) is 15.7. The molecule has 0 aromatic heterocycles. The molecule has 1 aromatic carbocycles. The standard InChI is InChI=1S/C13H20N2O3S/c1-3-10-15(2)19(16,17)13-7-5-12(6-8-13)18-11-4-9-14/h3,5-8H,1,4,9-11,14H2,2H3. The van der Waals surface area contributed by atoms with Crippen LogP contribution in [0.5, 0.6) is 5.75 Å². The summed E-state index contributed by atoms with van der Waals surface area (Å²) in [6, 6.07) is 6.36. The first-order valence-electron chi connectivity index (χ1n) is 6.02. The molecule has 1 rings (SSSR count). The van der Waals surface area contributed by atoms with Gasteiger partial charge in [-0.05, 0) is 37.2 Å². The van der Waals surface area contributed by atoms with Gasteiger partial charge in [-0.2, -0.15) is 4.31 Å². The minimum atomic E-state index is -3.46. The Bertz CT molecular complexity index is 497. The number of ether oxygens (including phenoxy) is 1. The lowest BCUT2D eigenvalue weighted by Crippen LogP contribution is -2.26. The average Bonchev–Trinajstić information content (AvgIpc) is 2.40. The third kappa shape index (κ3) is 4.34. The van der Waals surface area contributed by atoms with Crippen LogP contribution in [0.2, 0.25) is 0 Å². The highest BCUT2D eigenvalue weighted by molar-refractivity contribution is 7.89. The number of rotatable bonds is 8. The van der Waals surface area contributed by atoms with E-state index in [1.54, 1.807) is 18.2 Å². The van der Waals surface area contributed by atoms with Crippen molar-refractivity contribution in [3.8, 4) is 5.75 Å². The van der Waals surface area contributed by atoms with Crippen molar-refractivity contribution >= 4 is 10.0 Å². The Morgan fingerprint density at radius 2 is 2.00 bits per heavy atom. The lowest BCUT2D eigenvalue weighted by molar-refractivity contribution is 0.313. The van der Waals surface area contributed by atoms with Gasteiger partial charge in [0.1, 0.15) is 5.75 Å². The monoisotopic (exact) mass is 284 g/mol. The van der Waals surface area contributed by atoms with Gasteiger partial charge in [0.25, 0.3) is 0 Å². The second-order valence-corrected chi connectivity index (χ2v) is 6.08. The highest BCUT2D eigenvalue weighted by atomic mass is 32.2. The predicted molar refractivity (Wildman–Crippen MR) is 75.6 cm³/mol. The summed E-state index contributed by atoms with van der Waals surface area (Å²) in [6.45, 7) is 4.90. The summed E-state index contributed by atoms with van der Waals surface area (Å²) in [6.07, 6.45) is 2.31. The molecule has 0 aliphatic heterocycles. The third-order valence-corrected chi connectivity index (χ3v) is 4.37. The van der Waals surface area contributed by atoms with Crippen molar-refractivity contribution in [3.63, 3.8) is 0 Å². The summed E-state index contributed by atoms with van der Waals surface area (Å²) in [5.74, 6) is 0.638. The van der Waals surface area contributed by atoms with Gasteiger partial charge in [-0.15, -0.1) is 6.58 Å². The average molecular weight is 284 g/mol. The van der Waals surface area contributed by atoms with Crippen LogP contribution in [0, 0.1) is 0 Å². The molecule has 0 amide bonds. The van der Waals surface area contributed by atoms with Gasteiger partial charge in [0, 0.05) is 13.6 Å². The summed E-state index contributed by atoms with van der Waals surface area (Å²) in [7, 11) is -1.94. The summed E-state index contributed by atoms with van der Waals surface area (Å²) < 4.78 is 30.9. The summed E-state index contributed by atoms with van der Waals surface area (Å²) in [4.78, 5) is 0.239. The molecule has 0 unspecified atom stereocenters. The molecule has 0 saturated heterocycles. The Morgan fingerprint density at radius 3 is 2.53 bits per heavy atom. The topological polar surface area (TPSA) is 72.6 Å². The van der Waals surface area contributed by atoms with Crippen molar-refractivity contribution in [2.45, 2.75) is 11.3 Å². The van der Waals surface area contributed by atoms with Gasteiger partial charge < -0.3 is 10.5 Å². The van der Waals surface area contributed by atoms with Crippen LogP contribution in [0.1, 0.15) is 6.42 Å². The van der Waals surface area contributed by atoms with Crippen molar-refractivity contribution < 1.29 is 13.2 Å². The SMILES string of the molecule is C=CCN(C)S(=O)(=O)c1ccc(OCCCN)cc1. The van der Waals surface area contributed by atoms with E-state index in [1.807, 2.05) is 0 Å². The fourth-order valence-electron chi connectivity index (χ4n) is 1.44. The van der Waals surface area contributed by atoms with Gasteiger partial charge in [-0.25, -0.2) is 8.42 Å². The van der Waals surface area contributed by atoms with E-state index in [0.29, 0.717) is 18.9 Å². The Morgan fingerprint density at radius 1 is 1.37 bits per heavy atom. The number of likely N-dealkylation sites (N-methyl/N-ethyl adjacent to an activating group) is 1. The second-order valence-electron chi connectivity index (χ2n) is 4.04. The van der Waals surface area contributed by atoms with Crippen molar-refractivity contribution in [2.24, 2.45) is 5.73 Å². The van der Waals surface area contributed by atoms with Gasteiger partial charge in [0.2, 0.25) is 10.0 Å². The number of hydrogen-bond donors (Lipinski definition) is 1. The van der Waals surface area contributed by atoms with E-state index in [0.717, 1.165) is 6.42 Å². The Kier molecular flexibility index (Phi) is 6.01. The third-order valence-electron chi connectivity index (χ3n) is 2.54. The van der Waals surface area contributed by atoms with E-state index in [4.69, 9.17) is 10.5 Å². The maximum Gasteiger partial charge on any atom is 0.243 e. The fourth-order valence-corrected chi connectivity index (χ4v) is 2.58. The number of benzene rings is 1. The molecule has 106 valence electrons.